The monoisotopic (exact) mass is 258 g/mol. The van der Waals surface area contributed by atoms with E-state index in [4.69, 9.17) is 11.6 Å². The molecule has 0 N–H and O–H groups in total. The predicted molar refractivity (Wildman–Crippen MR) is 63.4 cm³/mol. The molecule has 0 aromatic heterocycles. The van der Waals surface area contributed by atoms with Crippen LogP contribution in [0.25, 0.3) is 0 Å². The van der Waals surface area contributed by atoms with E-state index in [0.29, 0.717) is 5.02 Å². The Morgan fingerprint density at radius 2 is 2.24 bits per heavy atom. The number of hydrogen-bond donors (Lipinski definition) is 0. The number of nitrogens with zero attached hydrogens (tertiary/aromatic N) is 2. The van der Waals surface area contributed by atoms with Crippen LogP contribution in [0.4, 0.5) is 11.4 Å². The van der Waals surface area contributed by atoms with Gasteiger partial charge >= 0.3 is 5.97 Å². The van der Waals surface area contributed by atoms with Crippen molar-refractivity contribution >= 4 is 28.9 Å². The molecular formula is C10H11ClN2O4. The zero-order valence-electron chi connectivity index (χ0n) is 9.34. The van der Waals surface area contributed by atoms with Crippen LogP contribution in [0.2, 0.25) is 5.02 Å². The lowest BCUT2D eigenvalue weighted by molar-refractivity contribution is -0.384. The van der Waals surface area contributed by atoms with Gasteiger partial charge in [-0.1, -0.05) is 11.6 Å². The van der Waals surface area contributed by atoms with E-state index in [1.54, 1.807) is 7.05 Å². The Morgan fingerprint density at radius 3 is 2.76 bits per heavy atom. The van der Waals surface area contributed by atoms with Crippen LogP contribution < -0.4 is 4.90 Å². The van der Waals surface area contributed by atoms with Gasteiger partial charge in [0.1, 0.15) is 12.2 Å². The highest BCUT2D eigenvalue weighted by molar-refractivity contribution is 6.31. The molecule has 0 fully saturated rings. The SMILES string of the molecule is COC(=O)CN(C)c1cc(Cl)ccc1[N+](=O)[O-]. The average molecular weight is 259 g/mol. The third kappa shape index (κ3) is 3.32. The van der Waals surface area contributed by atoms with Gasteiger partial charge in [-0.25, -0.2) is 0 Å². The smallest absolute Gasteiger partial charge is 0.325 e. The molecule has 7 heteroatoms. The van der Waals surface area contributed by atoms with Gasteiger partial charge in [0.15, 0.2) is 0 Å². The molecule has 0 spiro atoms. The van der Waals surface area contributed by atoms with Crippen LogP contribution in [0.3, 0.4) is 0 Å². The Bertz CT molecular complexity index is 450. The number of likely N-dealkylation sites (N-methyl/N-ethyl adjacent to an activating group) is 1. The zero-order chi connectivity index (χ0) is 13.0. The topological polar surface area (TPSA) is 72.7 Å². The van der Waals surface area contributed by atoms with E-state index >= 15 is 0 Å². The van der Waals surface area contributed by atoms with E-state index in [9.17, 15) is 14.9 Å². The maximum atomic E-state index is 11.1. The third-order valence-corrected chi connectivity index (χ3v) is 2.37. The Kier molecular flexibility index (Phi) is 4.28. The van der Waals surface area contributed by atoms with Crippen molar-refractivity contribution in [2.45, 2.75) is 0 Å². The molecule has 0 radical (unpaired) electrons. The van der Waals surface area contributed by atoms with Crippen LogP contribution in [0, 0.1) is 10.1 Å². The molecule has 0 saturated heterocycles. The lowest BCUT2D eigenvalue weighted by Gasteiger charge is -2.17. The van der Waals surface area contributed by atoms with Crippen molar-refractivity contribution in [2.75, 3.05) is 25.6 Å². The number of benzene rings is 1. The number of anilines is 1. The number of nitro groups is 1. The van der Waals surface area contributed by atoms with E-state index in [1.807, 2.05) is 0 Å². The largest absolute Gasteiger partial charge is 0.468 e. The molecule has 1 rings (SSSR count). The first-order valence-corrected chi connectivity index (χ1v) is 5.05. The molecule has 0 unspecified atom stereocenters. The second-order valence-corrected chi connectivity index (χ2v) is 3.76. The number of carbonyl (C=O) groups is 1. The minimum absolute atomic E-state index is 0.0856. The van der Waals surface area contributed by atoms with Gasteiger partial charge in [0.25, 0.3) is 5.69 Å². The normalized spacial score (nSPS) is 9.82. The second kappa shape index (κ2) is 5.49. The molecule has 17 heavy (non-hydrogen) atoms. The molecule has 0 aliphatic rings. The lowest BCUT2D eigenvalue weighted by Crippen LogP contribution is -2.26. The quantitative estimate of drug-likeness (QED) is 0.468. The van der Waals surface area contributed by atoms with Crippen LogP contribution >= 0.6 is 11.6 Å². The molecule has 92 valence electrons. The number of carbonyl (C=O) groups excluding carboxylic acids is 1. The highest BCUT2D eigenvalue weighted by atomic mass is 35.5. The van der Waals surface area contributed by atoms with E-state index in [1.165, 1.54) is 30.2 Å². The fourth-order valence-corrected chi connectivity index (χ4v) is 1.47. The maximum absolute atomic E-state index is 11.1. The molecule has 0 saturated carbocycles. The van der Waals surface area contributed by atoms with Crippen LogP contribution in [0.15, 0.2) is 18.2 Å². The molecule has 0 heterocycles. The number of nitro benzene ring substituents is 1. The van der Waals surface area contributed by atoms with Crippen molar-refractivity contribution in [3.05, 3.63) is 33.3 Å². The molecule has 0 amide bonds. The standard InChI is InChI=1S/C10H11ClN2O4/c1-12(6-10(14)17-2)9-5-7(11)3-4-8(9)13(15)16/h3-5H,6H2,1-2H3. The van der Waals surface area contributed by atoms with Crippen LogP contribution in [-0.4, -0.2) is 31.6 Å². The number of halogens is 1. The van der Waals surface area contributed by atoms with Gasteiger partial charge in [-0.3, -0.25) is 14.9 Å². The van der Waals surface area contributed by atoms with Gasteiger partial charge in [0.05, 0.1) is 12.0 Å². The summed E-state index contributed by atoms with van der Waals surface area (Å²) in [5.41, 5.74) is 0.161. The number of hydrogen-bond acceptors (Lipinski definition) is 5. The molecule has 0 bridgehead atoms. The van der Waals surface area contributed by atoms with Crippen LogP contribution in [0.5, 0.6) is 0 Å². The lowest BCUT2D eigenvalue weighted by atomic mass is 10.2. The van der Waals surface area contributed by atoms with Gasteiger partial charge < -0.3 is 9.64 Å². The van der Waals surface area contributed by atoms with Gasteiger partial charge in [-0.2, -0.15) is 0 Å². The highest BCUT2D eigenvalue weighted by Crippen LogP contribution is 2.30. The summed E-state index contributed by atoms with van der Waals surface area (Å²) in [5, 5.41) is 11.2. The Balaban J connectivity index is 3.06. The number of esters is 1. The Morgan fingerprint density at radius 1 is 1.59 bits per heavy atom. The third-order valence-electron chi connectivity index (χ3n) is 2.14. The molecular weight excluding hydrogens is 248 g/mol. The summed E-state index contributed by atoms with van der Waals surface area (Å²) < 4.78 is 4.49. The Labute approximate surface area is 103 Å². The van der Waals surface area contributed by atoms with Gasteiger partial charge in [-0.05, 0) is 12.1 Å². The number of methoxy groups -OCH3 is 1. The van der Waals surface area contributed by atoms with Crippen molar-refractivity contribution in [1.29, 1.82) is 0 Å². The summed E-state index contributed by atoms with van der Waals surface area (Å²) >= 11 is 5.77. The fraction of sp³-hybridized carbons (Fsp3) is 0.300. The summed E-state index contributed by atoms with van der Waals surface area (Å²) in [7, 11) is 2.80. The summed E-state index contributed by atoms with van der Waals surface area (Å²) in [6.07, 6.45) is 0. The zero-order valence-corrected chi connectivity index (χ0v) is 10.1. The predicted octanol–water partition coefficient (Wildman–Crippen LogP) is 1.86. The van der Waals surface area contributed by atoms with Crippen molar-refractivity contribution in [3.8, 4) is 0 Å². The molecule has 1 aromatic carbocycles. The van der Waals surface area contributed by atoms with Gasteiger partial charge in [0.2, 0.25) is 0 Å². The summed E-state index contributed by atoms with van der Waals surface area (Å²) in [6.45, 7) is -0.0856. The first kappa shape index (κ1) is 13.2. The fourth-order valence-electron chi connectivity index (χ4n) is 1.30. The van der Waals surface area contributed by atoms with Crippen molar-refractivity contribution in [2.24, 2.45) is 0 Å². The number of rotatable bonds is 4. The van der Waals surface area contributed by atoms with Gasteiger partial charge in [0, 0.05) is 18.1 Å². The van der Waals surface area contributed by atoms with Crippen molar-refractivity contribution in [1.82, 2.24) is 0 Å². The van der Waals surface area contributed by atoms with E-state index in [-0.39, 0.29) is 17.9 Å². The summed E-state index contributed by atoms with van der Waals surface area (Å²) in [6, 6.07) is 4.16. The first-order chi connectivity index (χ1) is 7.95. The minimum atomic E-state index is -0.528. The molecule has 0 atom stereocenters. The van der Waals surface area contributed by atoms with Crippen molar-refractivity contribution < 1.29 is 14.5 Å². The average Bonchev–Trinajstić information content (AvgIpc) is 2.28. The van der Waals surface area contributed by atoms with Crippen LogP contribution in [0.1, 0.15) is 0 Å². The highest BCUT2D eigenvalue weighted by Gasteiger charge is 2.19. The molecule has 6 nitrogen and oxygen atoms in total. The number of ether oxygens (including phenoxy) is 1. The Hall–Kier alpha value is -1.82. The maximum Gasteiger partial charge on any atom is 0.325 e. The van der Waals surface area contributed by atoms with E-state index in [2.05, 4.69) is 4.74 Å². The minimum Gasteiger partial charge on any atom is -0.468 e. The summed E-state index contributed by atoms with van der Waals surface area (Å²) in [4.78, 5) is 22.8. The van der Waals surface area contributed by atoms with E-state index in [0.717, 1.165) is 0 Å². The van der Waals surface area contributed by atoms with Gasteiger partial charge in [-0.15, -0.1) is 0 Å². The molecule has 1 aromatic rings. The van der Waals surface area contributed by atoms with Crippen LogP contribution in [-0.2, 0) is 9.53 Å². The molecule has 0 aliphatic heterocycles. The summed E-state index contributed by atoms with van der Waals surface area (Å²) in [5.74, 6) is -0.484. The van der Waals surface area contributed by atoms with E-state index < -0.39 is 10.9 Å². The second-order valence-electron chi connectivity index (χ2n) is 3.32. The first-order valence-electron chi connectivity index (χ1n) is 4.67. The molecule has 0 aliphatic carbocycles. The van der Waals surface area contributed by atoms with Crippen molar-refractivity contribution in [3.63, 3.8) is 0 Å².